The van der Waals surface area contributed by atoms with Crippen LogP contribution in [-0.4, -0.2) is 54.5 Å². The van der Waals surface area contributed by atoms with Gasteiger partial charge in [-0.1, -0.05) is 31.5 Å². The molecule has 116 valence electrons. The number of amides is 1. The second-order valence-corrected chi connectivity index (χ2v) is 5.67. The molecule has 1 amide bonds. The monoisotopic (exact) mass is 310 g/mol. The summed E-state index contributed by atoms with van der Waals surface area (Å²) in [6.45, 7) is 8.60. The van der Waals surface area contributed by atoms with Crippen LogP contribution in [0.4, 0.5) is 0 Å². The van der Waals surface area contributed by atoms with Crippen molar-refractivity contribution >= 4 is 17.5 Å². The van der Waals surface area contributed by atoms with Gasteiger partial charge in [0.25, 0.3) is 5.91 Å². The Labute approximate surface area is 131 Å². The maximum absolute atomic E-state index is 12.6. The van der Waals surface area contributed by atoms with Crippen LogP contribution in [0.5, 0.6) is 5.75 Å². The standard InChI is InChI=1S/C16H23ClN2O2/c1-3-15(21-14-7-5-6-13(17)12-14)16(20)19-10-8-18(4-2)9-11-19/h5-7,12,15H,3-4,8-11H2,1-2H3. The first-order valence-corrected chi connectivity index (χ1v) is 7.95. The Kier molecular flexibility index (Phi) is 5.88. The van der Waals surface area contributed by atoms with Gasteiger partial charge in [0.15, 0.2) is 6.10 Å². The molecule has 1 heterocycles. The van der Waals surface area contributed by atoms with Crippen molar-refractivity contribution in [1.82, 2.24) is 9.80 Å². The van der Waals surface area contributed by atoms with Gasteiger partial charge in [-0.25, -0.2) is 0 Å². The highest BCUT2D eigenvalue weighted by Gasteiger charge is 2.27. The van der Waals surface area contributed by atoms with Gasteiger partial charge in [0.2, 0.25) is 0 Å². The molecule has 21 heavy (non-hydrogen) atoms. The molecule has 1 aromatic carbocycles. The number of rotatable bonds is 5. The summed E-state index contributed by atoms with van der Waals surface area (Å²) < 4.78 is 5.82. The van der Waals surface area contributed by atoms with Crippen molar-refractivity contribution in [2.45, 2.75) is 26.4 Å². The van der Waals surface area contributed by atoms with Gasteiger partial charge in [-0.05, 0) is 31.2 Å². The van der Waals surface area contributed by atoms with Gasteiger partial charge in [-0.3, -0.25) is 4.79 Å². The normalized spacial score (nSPS) is 17.6. The summed E-state index contributed by atoms with van der Waals surface area (Å²) in [5.41, 5.74) is 0. The number of piperazine rings is 1. The molecule has 2 rings (SSSR count). The Morgan fingerprint density at radius 3 is 2.57 bits per heavy atom. The highest BCUT2D eigenvalue weighted by Crippen LogP contribution is 2.20. The molecule has 5 heteroatoms. The molecule has 1 aromatic rings. The third-order valence-electron chi connectivity index (χ3n) is 3.85. The van der Waals surface area contributed by atoms with E-state index < -0.39 is 6.10 Å². The number of nitrogens with zero attached hydrogens (tertiary/aromatic N) is 2. The van der Waals surface area contributed by atoms with E-state index in [-0.39, 0.29) is 5.91 Å². The zero-order chi connectivity index (χ0) is 15.2. The van der Waals surface area contributed by atoms with E-state index in [2.05, 4.69) is 11.8 Å². The summed E-state index contributed by atoms with van der Waals surface area (Å²) in [6.07, 6.45) is 0.218. The number of carbonyl (C=O) groups is 1. The number of likely N-dealkylation sites (N-methyl/N-ethyl adjacent to an activating group) is 1. The van der Waals surface area contributed by atoms with Crippen molar-refractivity contribution in [2.24, 2.45) is 0 Å². The topological polar surface area (TPSA) is 32.8 Å². The molecular weight excluding hydrogens is 288 g/mol. The third kappa shape index (κ3) is 4.35. The lowest BCUT2D eigenvalue weighted by atomic mass is 10.2. The van der Waals surface area contributed by atoms with E-state index in [1.54, 1.807) is 12.1 Å². The number of halogens is 1. The molecule has 4 nitrogen and oxygen atoms in total. The Bertz CT molecular complexity index is 473. The predicted molar refractivity (Wildman–Crippen MR) is 84.9 cm³/mol. The molecule has 1 unspecified atom stereocenters. The molecule has 0 bridgehead atoms. The number of ether oxygens (including phenoxy) is 1. The van der Waals surface area contributed by atoms with E-state index in [1.165, 1.54) is 0 Å². The fraction of sp³-hybridized carbons (Fsp3) is 0.562. The van der Waals surface area contributed by atoms with Crippen LogP contribution in [0.15, 0.2) is 24.3 Å². The number of carbonyl (C=O) groups excluding carboxylic acids is 1. The molecule has 1 aliphatic rings. The van der Waals surface area contributed by atoms with Crippen molar-refractivity contribution in [3.63, 3.8) is 0 Å². The van der Waals surface area contributed by atoms with Crippen molar-refractivity contribution in [1.29, 1.82) is 0 Å². The molecule has 0 saturated carbocycles. The van der Waals surface area contributed by atoms with Crippen LogP contribution < -0.4 is 4.74 Å². The van der Waals surface area contributed by atoms with E-state index in [1.807, 2.05) is 24.0 Å². The van der Waals surface area contributed by atoms with Gasteiger partial charge in [-0.2, -0.15) is 0 Å². The minimum Gasteiger partial charge on any atom is -0.481 e. The largest absolute Gasteiger partial charge is 0.481 e. The lowest BCUT2D eigenvalue weighted by Crippen LogP contribution is -2.52. The van der Waals surface area contributed by atoms with Gasteiger partial charge in [0.05, 0.1) is 0 Å². The summed E-state index contributed by atoms with van der Waals surface area (Å²) in [4.78, 5) is 16.8. The van der Waals surface area contributed by atoms with Crippen LogP contribution in [0.3, 0.4) is 0 Å². The van der Waals surface area contributed by atoms with Crippen LogP contribution in [0, 0.1) is 0 Å². The van der Waals surface area contributed by atoms with Crippen molar-refractivity contribution in [3.05, 3.63) is 29.3 Å². The molecule has 0 aromatic heterocycles. The molecule has 0 spiro atoms. The van der Waals surface area contributed by atoms with Gasteiger partial charge < -0.3 is 14.5 Å². The maximum Gasteiger partial charge on any atom is 0.263 e. The van der Waals surface area contributed by atoms with E-state index in [9.17, 15) is 4.79 Å². The van der Waals surface area contributed by atoms with Crippen LogP contribution in [0.25, 0.3) is 0 Å². The van der Waals surface area contributed by atoms with Crippen molar-refractivity contribution in [3.8, 4) is 5.75 Å². The lowest BCUT2D eigenvalue weighted by molar-refractivity contribution is -0.140. The van der Waals surface area contributed by atoms with Crippen LogP contribution in [0.2, 0.25) is 5.02 Å². The van der Waals surface area contributed by atoms with E-state index in [0.717, 1.165) is 32.7 Å². The minimum absolute atomic E-state index is 0.0771. The first-order chi connectivity index (χ1) is 10.1. The molecule has 0 radical (unpaired) electrons. The first-order valence-electron chi connectivity index (χ1n) is 7.57. The SMILES string of the molecule is CCC(Oc1cccc(Cl)c1)C(=O)N1CCN(CC)CC1. The summed E-state index contributed by atoms with van der Waals surface area (Å²) in [5.74, 6) is 0.725. The predicted octanol–water partition coefficient (Wildman–Crippen LogP) is 2.66. The second kappa shape index (κ2) is 7.66. The molecule has 1 atom stereocenters. The zero-order valence-electron chi connectivity index (χ0n) is 12.7. The second-order valence-electron chi connectivity index (χ2n) is 5.23. The summed E-state index contributed by atoms with van der Waals surface area (Å²) in [6, 6.07) is 7.19. The molecular formula is C16H23ClN2O2. The lowest BCUT2D eigenvalue weighted by Gasteiger charge is -2.35. The number of benzene rings is 1. The van der Waals surface area contributed by atoms with Crippen LogP contribution >= 0.6 is 11.6 Å². The van der Waals surface area contributed by atoms with Crippen LogP contribution in [0.1, 0.15) is 20.3 Å². The quantitative estimate of drug-likeness (QED) is 0.838. The third-order valence-corrected chi connectivity index (χ3v) is 4.09. The van der Waals surface area contributed by atoms with Crippen LogP contribution in [-0.2, 0) is 4.79 Å². The molecule has 0 aliphatic carbocycles. The summed E-state index contributed by atoms with van der Waals surface area (Å²) in [7, 11) is 0. The van der Waals surface area contributed by atoms with Gasteiger partial charge >= 0.3 is 0 Å². The van der Waals surface area contributed by atoms with Gasteiger partial charge in [-0.15, -0.1) is 0 Å². The van der Waals surface area contributed by atoms with Crippen molar-refractivity contribution in [2.75, 3.05) is 32.7 Å². The Balaban J connectivity index is 1.96. The summed E-state index contributed by atoms with van der Waals surface area (Å²) in [5, 5.41) is 0.617. The maximum atomic E-state index is 12.6. The van der Waals surface area contributed by atoms with E-state index >= 15 is 0 Å². The fourth-order valence-electron chi connectivity index (χ4n) is 2.50. The Hall–Kier alpha value is -1.26. The fourth-order valence-corrected chi connectivity index (χ4v) is 2.68. The van der Waals surface area contributed by atoms with Gasteiger partial charge in [0.1, 0.15) is 5.75 Å². The number of hydrogen-bond acceptors (Lipinski definition) is 3. The Morgan fingerprint density at radius 2 is 2.00 bits per heavy atom. The summed E-state index contributed by atoms with van der Waals surface area (Å²) >= 11 is 5.95. The number of hydrogen-bond donors (Lipinski definition) is 0. The average molecular weight is 311 g/mol. The first kappa shape index (κ1) is 16.1. The molecule has 1 saturated heterocycles. The zero-order valence-corrected chi connectivity index (χ0v) is 13.5. The van der Waals surface area contributed by atoms with Gasteiger partial charge in [0, 0.05) is 31.2 Å². The van der Waals surface area contributed by atoms with E-state index in [4.69, 9.17) is 16.3 Å². The molecule has 0 N–H and O–H groups in total. The Morgan fingerprint density at radius 1 is 1.29 bits per heavy atom. The smallest absolute Gasteiger partial charge is 0.263 e. The molecule has 1 aliphatic heterocycles. The average Bonchev–Trinajstić information content (AvgIpc) is 2.52. The highest BCUT2D eigenvalue weighted by atomic mass is 35.5. The highest BCUT2D eigenvalue weighted by molar-refractivity contribution is 6.30. The van der Waals surface area contributed by atoms with E-state index in [0.29, 0.717) is 17.2 Å². The molecule has 1 fully saturated rings. The minimum atomic E-state index is -0.434. The van der Waals surface area contributed by atoms with Crippen molar-refractivity contribution < 1.29 is 9.53 Å².